The van der Waals surface area contributed by atoms with E-state index in [9.17, 15) is 18.0 Å². The lowest BCUT2D eigenvalue weighted by molar-refractivity contribution is -0.224. The van der Waals surface area contributed by atoms with Gasteiger partial charge in [-0.1, -0.05) is 0 Å². The number of hydrogen-bond acceptors (Lipinski definition) is 6. The van der Waals surface area contributed by atoms with E-state index in [1.807, 2.05) is 0 Å². The molecule has 10 heteroatoms. The smallest absolute Gasteiger partial charge is 0.408 e. The summed E-state index contributed by atoms with van der Waals surface area (Å²) < 4.78 is 34.5. The Morgan fingerprint density at radius 3 is 2.40 bits per heavy atom. The molecule has 116 valence electrons. The van der Waals surface area contributed by atoms with E-state index in [0.29, 0.717) is 0 Å². The van der Waals surface area contributed by atoms with Gasteiger partial charge in [0.1, 0.15) is 11.6 Å². The van der Waals surface area contributed by atoms with Crippen LogP contribution in [0, 0.1) is 0 Å². The molecule has 1 saturated heterocycles. The highest BCUT2D eigenvalue weighted by molar-refractivity contribution is 7.85. The van der Waals surface area contributed by atoms with E-state index in [-0.39, 0.29) is 0 Å². The topological polar surface area (TPSA) is 122 Å². The van der Waals surface area contributed by atoms with Crippen molar-refractivity contribution in [2.45, 2.75) is 45.4 Å². The summed E-state index contributed by atoms with van der Waals surface area (Å²) in [6, 6.07) is -1.43. The minimum Gasteiger partial charge on any atom is -0.444 e. The number of amides is 2. The first kappa shape index (κ1) is 16.7. The fourth-order valence-corrected chi connectivity index (χ4v) is 1.77. The SMILES string of the molecule is C[C@@H]1[C@H](NC(=O)OC(C)(C)C)C(=O)N1OCS(=O)(=O)O. The lowest BCUT2D eigenvalue weighted by Gasteiger charge is -2.43. The molecular weight excluding hydrogens is 292 g/mol. The molecule has 0 saturated carbocycles. The molecule has 0 aliphatic carbocycles. The molecule has 0 aromatic carbocycles. The molecule has 0 aromatic heterocycles. The Labute approximate surface area is 116 Å². The van der Waals surface area contributed by atoms with Crippen LogP contribution in [0.4, 0.5) is 4.79 Å². The van der Waals surface area contributed by atoms with Gasteiger partial charge < -0.3 is 10.1 Å². The maximum Gasteiger partial charge on any atom is 0.408 e. The van der Waals surface area contributed by atoms with Gasteiger partial charge in [0.25, 0.3) is 16.0 Å². The van der Waals surface area contributed by atoms with Gasteiger partial charge in [0.15, 0.2) is 0 Å². The van der Waals surface area contributed by atoms with E-state index in [0.717, 1.165) is 5.06 Å². The second kappa shape index (κ2) is 5.54. The Morgan fingerprint density at radius 1 is 1.45 bits per heavy atom. The Kier molecular flexibility index (Phi) is 4.62. The van der Waals surface area contributed by atoms with E-state index in [1.165, 1.54) is 0 Å². The third-order valence-corrected chi connectivity index (χ3v) is 2.75. The number of β-lactam (4-membered cyclic amide) rings is 1. The van der Waals surface area contributed by atoms with Gasteiger partial charge >= 0.3 is 6.09 Å². The maximum absolute atomic E-state index is 11.6. The number of alkyl carbamates (subject to hydrolysis) is 1. The molecule has 2 amide bonds. The first-order chi connectivity index (χ1) is 8.91. The summed E-state index contributed by atoms with van der Waals surface area (Å²) in [6.45, 7) is 6.59. The van der Waals surface area contributed by atoms with Crippen LogP contribution in [0.2, 0.25) is 0 Å². The summed E-state index contributed by atoms with van der Waals surface area (Å²) >= 11 is 0. The highest BCUT2D eigenvalue weighted by Crippen LogP contribution is 2.21. The van der Waals surface area contributed by atoms with Gasteiger partial charge in [0.2, 0.25) is 5.94 Å². The van der Waals surface area contributed by atoms with Crippen LogP contribution in [-0.2, 0) is 24.5 Å². The number of hydrogen-bond donors (Lipinski definition) is 2. The van der Waals surface area contributed by atoms with Crippen LogP contribution in [0.25, 0.3) is 0 Å². The van der Waals surface area contributed by atoms with Gasteiger partial charge in [-0.25, -0.2) is 9.86 Å². The highest BCUT2D eigenvalue weighted by atomic mass is 32.2. The van der Waals surface area contributed by atoms with Crippen LogP contribution in [0.15, 0.2) is 0 Å². The summed E-state index contributed by atoms with van der Waals surface area (Å²) in [5.74, 6) is -1.64. The predicted octanol–water partition coefficient (Wildman–Crippen LogP) is -0.113. The molecule has 9 nitrogen and oxygen atoms in total. The lowest BCUT2D eigenvalue weighted by atomic mass is 10.0. The Hall–Kier alpha value is -1.39. The minimum absolute atomic E-state index is 0.572. The maximum atomic E-state index is 11.6. The third-order valence-electron chi connectivity index (χ3n) is 2.35. The molecule has 1 heterocycles. The fraction of sp³-hybridized carbons (Fsp3) is 0.800. The van der Waals surface area contributed by atoms with Crippen molar-refractivity contribution >= 4 is 22.1 Å². The van der Waals surface area contributed by atoms with Crippen molar-refractivity contribution < 1.29 is 32.1 Å². The van der Waals surface area contributed by atoms with Crippen molar-refractivity contribution in [3.63, 3.8) is 0 Å². The molecule has 1 aliphatic rings. The van der Waals surface area contributed by atoms with Gasteiger partial charge in [-0.3, -0.25) is 14.2 Å². The van der Waals surface area contributed by atoms with E-state index >= 15 is 0 Å². The summed E-state index contributed by atoms with van der Waals surface area (Å²) in [7, 11) is -4.33. The minimum atomic E-state index is -4.33. The van der Waals surface area contributed by atoms with Gasteiger partial charge in [0.05, 0.1) is 6.04 Å². The fourth-order valence-electron chi connectivity index (χ4n) is 1.52. The van der Waals surface area contributed by atoms with Gasteiger partial charge in [0, 0.05) is 0 Å². The number of nitrogens with zero attached hydrogens (tertiary/aromatic N) is 1. The van der Waals surface area contributed by atoms with E-state index in [4.69, 9.17) is 9.29 Å². The van der Waals surface area contributed by atoms with Crippen molar-refractivity contribution in [1.82, 2.24) is 10.4 Å². The molecule has 2 atom stereocenters. The molecule has 0 unspecified atom stereocenters. The molecule has 20 heavy (non-hydrogen) atoms. The zero-order chi connectivity index (χ0) is 15.7. The first-order valence-electron chi connectivity index (χ1n) is 5.81. The average molecular weight is 310 g/mol. The average Bonchev–Trinajstić information content (AvgIpc) is 2.22. The van der Waals surface area contributed by atoms with Gasteiger partial charge in [-0.05, 0) is 27.7 Å². The summed E-state index contributed by atoms with van der Waals surface area (Å²) in [5, 5.41) is 3.13. The first-order valence-corrected chi connectivity index (χ1v) is 7.42. The van der Waals surface area contributed by atoms with E-state index < -0.39 is 45.7 Å². The molecule has 0 aromatic rings. The van der Waals surface area contributed by atoms with Crippen LogP contribution < -0.4 is 5.32 Å². The molecule has 2 N–H and O–H groups in total. The molecule has 0 radical (unpaired) electrons. The van der Waals surface area contributed by atoms with Gasteiger partial charge in [-0.2, -0.15) is 8.42 Å². The van der Waals surface area contributed by atoms with Crippen LogP contribution >= 0.6 is 0 Å². The van der Waals surface area contributed by atoms with E-state index in [2.05, 4.69) is 10.2 Å². The number of hydroxylamine groups is 2. The zero-order valence-corrected chi connectivity index (χ0v) is 12.4. The van der Waals surface area contributed by atoms with Crippen LogP contribution in [0.1, 0.15) is 27.7 Å². The monoisotopic (exact) mass is 310 g/mol. The highest BCUT2D eigenvalue weighted by Gasteiger charge is 2.47. The van der Waals surface area contributed by atoms with Crippen LogP contribution in [-0.4, -0.2) is 53.7 Å². The number of ether oxygens (including phenoxy) is 1. The van der Waals surface area contributed by atoms with Crippen LogP contribution in [0.3, 0.4) is 0 Å². The Morgan fingerprint density at radius 2 is 2.00 bits per heavy atom. The largest absolute Gasteiger partial charge is 0.444 e. The van der Waals surface area contributed by atoms with Crippen LogP contribution in [0.5, 0.6) is 0 Å². The van der Waals surface area contributed by atoms with Gasteiger partial charge in [-0.15, -0.1) is 0 Å². The van der Waals surface area contributed by atoms with Crippen molar-refractivity contribution in [2.75, 3.05) is 5.94 Å². The quantitative estimate of drug-likeness (QED) is 0.548. The third kappa shape index (κ3) is 4.62. The van der Waals surface area contributed by atoms with E-state index in [1.54, 1.807) is 27.7 Å². The van der Waals surface area contributed by atoms with Crippen molar-refractivity contribution in [1.29, 1.82) is 0 Å². The number of nitrogens with one attached hydrogen (secondary N) is 1. The van der Waals surface area contributed by atoms with Crippen molar-refractivity contribution in [3.05, 3.63) is 0 Å². The molecule has 1 rings (SSSR count). The Balaban J connectivity index is 2.49. The summed E-state index contributed by atoms with van der Waals surface area (Å²) in [6.07, 6.45) is -0.753. The molecule has 1 fully saturated rings. The standard InChI is InChI=1S/C10H18N2O7S/c1-6-7(11-9(14)19-10(2,3)4)8(13)12(6)18-5-20(15,16)17/h6-7H,5H2,1-4H3,(H,11,14)(H,15,16,17)/t6-,7+/m1/s1. The van der Waals surface area contributed by atoms with Crippen molar-refractivity contribution in [3.8, 4) is 0 Å². The zero-order valence-electron chi connectivity index (χ0n) is 11.6. The molecule has 1 aliphatic heterocycles. The molecule has 0 bridgehead atoms. The Bertz CT molecular complexity index is 496. The molecule has 0 spiro atoms. The lowest BCUT2D eigenvalue weighted by Crippen LogP contribution is -2.69. The number of carbonyl (C=O) groups excluding carboxylic acids is 2. The number of carbonyl (C=O) groups is 2. The second-order valence-electron chi connectivity index (χ2n) is 5.36. The number of rotatable bonds is 4. The second-order valence-corrected chi connectivity index (χ2v) is 6.76. The summed E-state index contributed by atoms with van der Waals surface area (Å²) in [5.41, 5.74) is -0.693. The van der Waals surface area contributed by atoms with Crippen molar-refractivity contribution in [2.24, 2.45) is 0 Å². The molecular formula is C10H18N2O7S. The normalized spacial score (nSPS) is 23.2. The summed E-state index contributed by atoms with van der Waals surface area (Å²) in [4.78, 5) is 27.8. The predicted molar refractivity (Wildman–Crippen MR) is 67.0 cm³/mol.